The zero-order chi connectivity index (χ0) is 23.4. The largest absolute Gasteiger partial charge is 0.479 e. The van der Waals surface area contributed by atoms with Crippen LogP contribution in [0.5, 0.6) is 5.75 Å². The zero-order valence-electron chi connectivity index (χ0n) is 19.8. The van der Waals surface area contributed by atoms with Crippen molar-refractivity contribution in [1.29, 1.82) is 0 Å². The van der Waals surface area contributed by atoms with E-state index in [9.17, 15) is 14.4 Å². The van der Waals surface area contributed by atoms with Crippen molar-refractivity contribution in [3.8, 4) is 5.75 Å². The summed E-state index contributed by atoms with van der Waals surface area (Å²) >= 11 is 0. The molecule has 32 heavy (non-hydrogen) atoms. The van der Waals surface area contributed by atoms with Gasteiger partial charge in [0.15, 0.2) is 6.10 Å². The van der Waals surface area contributed by atoms with Crippen LogP contribution >= 0.6 is 0 Å². The summed E-state index contributed by atoms with van der Waals surface area (Å²) in [6.07, 6.45) is 4.36. The van der Waals surface area contributed by atoms with Crippen molar-refractivity contribution in [1.82, 2.24) is 10.2 Å². The van der Waals surface area contributed by atoms with Crippen LogP contribution in [-0.4, -0.2) is 61.2 Å². The summed E-state index contributed by atoms with van der Waals surface area (Å²) < 4.78 is 10.4. The van der Waals surface area contributed by atoms with Crippen molar-refractivity contribution >= 4 is 23.6 Å². The van der Waals surface area contributed by atoms with Gasteiger partial charge in [0, 0.05) is 30.7 Å². The maximum absolute atomic E-state index is 13.7. The lowest BCUT2D eigenvalue weighted by atomic mass is 9.92. The molecule has 0 spiro atoms. The molecular formula is C24H35N3O5. The molecule has 1 aliphatic heterocycles. The van der Waals surface area contributed by atoms with Crippen molar-refractivity contribution < 1.29 is 23.9 Å². The number of alkyl carbamates (subject to hydrolysis) is 1. The molecule has 0 unspecified atom stereocenters. The molecule has 1 aromatic rings. The molecule has 1 heterocycles. The summed E-state index contributed by atoms with van der Waals surface area (Å²) in [6, 6.07) is 3.93. The second-order valence-corrected chi connectivity index (χ2v) is 8.90. The van der Waals surface area contributed by atoms with Gasteiger partial charge in [0.25, 0.3) is 11.8 Å². The molecule has 0 aromatic heterocycles. The fourth-order valence-corrected chi connectivity index (χ4v) is 4.68. The van der Waals surface area contributed by atoms with Gasteiger partial charge < -0.3 is 24.6 Å². The summed E-state index contributed by atoms with van der Waals surface area (Å²) in [7, 11) is 1.29. The van der Waals surface area contributed by atoms with E-state index in [1.807, 2.05) is 17.9 Å². The number of ether oxygens (including phenoxy) is 2. The van der Waals surface area contributed by atoms with Crippen molar-refractivity contribution in [3.63, 3.8) is 0 Å². The van der Waals surface area contributed by atoms with Crippen LogP contribution < -0.4 is 15.0 Å². The molecule has 0 saturated heterocycles. The fourth-order valence-electron chi connectivity index (χ4n) is 4.68. The summed E-state index contributed by atoms with van der Waals surface area (Å²) in [6.45, 7) is 8.19. The van der Waals surface area contributed by atoms with Gasteiger partial charge in [-0.25, -0.2) is 4.79 Å². The molecule has 1 aliphatic carbocycles. The number of hydrogen-bond acceptors (Lipinski definition) is 5. The number of hydrogen-bond donors (Lipinski definition) is 1. The number of benzene rings is 1. The highest BCUT2D eigenvalue weighted by Crippen LogP contribution is 2.37. The van der Waals surface area contributed by atoms with Crippen LogP contribution in [0.15, 0.2) is 12.1 Å². The number of aryl methyl sites for hydroxylation is 1. The Morgan fingerprint density at radius 1 is 1.25 bits per heavy atom. The lowest BCUT2D eigenvalue weighted by molar-refractivity contribution is -0.125. The van der Waals surface area contributed by atoms with Crippen molar-refractivity contribution in [2.24, 2.45) is 0 Å². The Kier molecular flexibility index (Phi) is 7.64. The number of methoxy groups -OCH3 is 1. The van der Waals surface area contributed by atoms with E-state index >= 15 is 0 Å². The number of nitrogens with zero attached hydrogens (tertiary/aromatic N) is 2. The van der Waals surface area contributed by atoms with Gasteiger partial charge in [-0.15, -0.1) is 0 Å². The van der Waals surface area contributed by atoms with E-state index in [1.54, 1.807) is 17.9 Å². The van der Waals surface area contributed by atoms with Gasteiger partial charge in [0.1, 0.15) is 5.75 Å². The van der Waals surface area contributed by atoms with E-state index in [0.29, 0.717) is 17.0 Å². The third-order valence-electron chi connectivity index (χ3n) is 6.29. The SMILES string of the molecule is COC(=O)NCCN1C(=O)[C@@H](C)Oc2cc(C)c(C(=O)N(C(C)C)C3CCCCC3)cc21. The fraction of sp³-hybridized carbons (Fsp3) is 0.625. The van der Waals surface area contributed by atoms with Crippen molar-refractivity contribution in [2.75, 3.05) is 25.1 Å². The van der Waals surface area contributed by atoms with E-state index in [1.165, 1.54) is 13.5 Å². The molecule has 1 N–H and O–H groups in total. The summed E-state index contributed by atoms with van der Waals surface area (Å²) in [5.41, 5.74) is 1.96. The maximum atomic E-state index is 13.7. The van der Waals surface area contributed by atoms with E-state index in [-0.39, 0.29) is 37.0 Å². The second kappa shape index (κ2) is 10.2. The second-order valence-electron chi connectivity index (χ2n) is 8.90. The third-order valence-corrected chi connectivity index (χ3v) is 6.29. The molecule has 8 heteroatoms. The van der Waals surface area contributed by atoms with Crippen LogP contribution in [0.25, 0.3) is 0 Å². The van der Waals surface area contributed by atoms with E-state index in [0.717, 1.165) is 31.2 Å². The highest BCUT2D eigenvalue weighted by Gasteiger charge is 2.34. The van der Waals surface area contributed by atoms with E-state index in [2.05, 4.69) is 23.9 Å². The average Bonchev–Trinajstić information content (AvgIpc) is 2.76. The average molecular weight is 446 g/mol. The topological polar surface area (TPSA) is 88.2 Å². The van der Waals surface area contributed by atoms with Crippen LogP contribution in [0, 0.1) is 6.92 Å². The molecular weight excluding hydrogens is 410 g/mol. The molecule has 1 aromatic carbocycles. The highest BCUT2D eigenvalue weighted by atomic mass is 16.5. The van der Waals surface area contributed by atoms with Gasteiger partial charge >= 0.3 is 6.09 Å². The van der Waals surface area contributed by atoms with E-state index in [4.69, 9.17) is 4.74 Å². The normalized spacial score (nSPS) is 18.8. The molecule has 3 rings (SSSR count). The monoisotopic (exact) mass is 445 g/mol. The van der Waals surface area contributed by atoms with Gasteiger partial charge in [-0.2, -0.15) is 0 Å². The molecule has 1 atom stereocenters. The number of amides is 3. The minimum Gasteiger partial charge on any atom is -0.479 e. The smallest absolute Gasteiger partial charge is 0.406 e. The van der Waals surface area contributed by atoms with Gasteiger partial charge in [0.2, 0.25) is 0 Å². The Balaban J connectivity index is 1.92. The van der Waals surface area contributed by atoms with Crippen LogP contribution in [0.1, 0.15) is 68.8 Å². The van der Waals surface area contributed by atoms with Gasteiger partial charge in [0.05, 0.1) is 12.8 Å². The van der Waals surface area contributed by atoms with Crippen LogP contribution in [0.2, 0.25) is 0 Å². The Bertz CT molecular complexity index is 863. The number of rotatable bonds is 6. The first kappa shape index (κ1) is 23.9. The number of carbonyl (C=O) groups is 3. The van der Waals surface area contributed by atoms with Crippen molar-refractivity contribution in [3.05, 3.63) is 23.3 Å². The molecule has 0 bridgehead atoms. The number of fused-ring (bicyclic) bond motifs is 1. The third kappa shape index (κ3) is 5.00. The first-order chi connectivity index (χ1) is 15.2. The predicted molar refractivity (Wildman–Crippen MR) is 122 cm³/mol. The van der Waals surface area contributed by atoms with Gasteiger partial charge in [-0.05, 0) is 58.2 Å². The molecule has 3 amide bonds. The summed E-state index contributed by atoms with van der Waals surface area (Å²) in [4.78, 5) is 41.5. The minimum absolute atomic E-state index is 0.00842. The maximum Gasteiger partial charge on any atom is 0.406 e. The molecule has 1 fully saturated rings. The molecule has 2 aliphatic rings. The standard InChI is InChI=1S/C24H35N3O5/c1-15(2)27(18-9-7-6-8-10-18)23(29)19-14-20-21(13-16(19)3)32-17(4)22(28)26(20)12-11-25-24(30)31-5/h13-15,17-18H,6-12H2,1-5H3,(H,25,30)/t17-/m1/s1. The van der Waals surface area contributed by atoms with Gasteiger partial charge in [-0.3, -0.25) is 9.59 Å². The Morgan fingerprint density at radius 3 is 2.56 bits per heavy atom. The van der Waals surface area contributed by atoms with Crippen LogP contribution in [0.4, 0.5) is 10.5 Å². The summed E-state index contributed by atoms with van der Waals surface area (Å²) in [5, 5.41) is 2.60. The molecule has 8 nitrogen and oxygen atoms in total. The molecule has 1 saturated carbocycles. The predicted octanol–water partition coefficient (Wildman–Crippen LogP) is 3.65. The minimum atomic E-state index is -0.643. The quantitative estimate of drug-likeness (QED) is 0.722. The molecule has 176 valence electrons. The molecule has 0 radical (unpaired) electrons. The highest BCUT2D eigenvalue weighted by molar-refractivity contribution is 6.03. The Morgan fingerprint density at radius 2 is 1.94 bits per heavy atom. The first-order valence-corrected chi connectivity index (χ1v) is 11.5. The Labute approximate surface area is 190 Å². The van der Waals surface area contributed by atoms with E-state index < -0.39 is 12.2 Å². The number of nitrogens with one attached hydrogen (secondary N) is 1. The lowest BCUT2D eigenvalue weighted by Gasteiger charge is -2.38. The first-order valence-electron chi connectivity index (χ1n) is 11.5. The van der Waals surface area contributed by atoms with Gasteiger partial charge in [-0.1, -0.05) is 19.3 Å². The van der Waals surface area contributed by atoms with Crippen molar-refractivity contribution in [2.45, 2.75) is 78.0 Å². The van der Waals surface area contributed by atoms with Crippen LogP contribution in [0.3, 0.4) is 0 Å². The zero-order valence-corrected chi connectivity index (χ0v) is 19.8. The number of carbonyl (C=O) groups excluding carboxylic acids is 3. The summed E-state index contributed by atoms with van der Waals surface area (Å²) in [5.74, 6) is 0.350. The lowest BCUT2D eigenvalue weighted by Crippen LogP contribution is -2.48. The van der Waals surface area contributed by atoms with Crippen LogP contribution in [-0.2, 0) is 9.53 Å². The number of anilines is 1. The Hall–Kier alpha value is -2.77.